The topological polar surface area (TPSA) is 42.0 Å². The van der Waals surface area contributed by atoms with Gasteiger partial charge in [0.15, 0.2) is 0 Å². The number of anilines is 1. The number of rotatable bonds is 5. The van der Waals surface area contributed by atoms with Gasteiger partial charge in [0.1, 0.15) is 0 Å². The van der Waals surface area contributed by atoms with Crippen LogP contribution in [0.1, 0.15) is 61.0 Å². The molecule has 0 unspecified atom stereocenters. The molecule has 5 rings (SSSR count). The fourth-order valence-electron chi connectivity index (χ4n) is 4.81. The predicted octanol–water partition coefficient (Wildman–Crippen LogP) is 8.55. The standard InChI is InChI=1S/C32H30N2O.Hf/c1-20(2)24-14-9-15-25(21(3)4)31(24)34-32(35)28-17-8-12-23-18-19-29(33-30(23)28)27-16-7-11-22-10-5-6-13-26(22)27;/h5-21H,1-4H3,(H,34,35);. The maximum atomic E-state index is 13.7. The Kier molecular flexibility index (Phi) is 7.85. The van der Waals surface area contributed by atoms with Crippen LogP contribution in [0.3, 0.4) is 0 Å². The number of carbonyl (C=O) groups is 1. The quantitative estimate of drug-likeness (QED) is 0.197. The van der Waals surface area contributed by atoms with Gasteiger partial charge in [-0.25, -0.2) is 4.98 Å². The zero-order valence-corrected chi connectivity index (χ0v) is 24.8. The van der Waals surface area contributed by atoms with Crippen molar-refractivity contribution in [3.05, 3.63) is 108 Å². The van der Waals surface area contributed by atoms with Crippen molar-refractivity contribution < 1.29 is 30.6 Å². The monoisotopic (exact) mass is 638 g/mol. The molecule has 36 heavy (non-hydrogen) atoms. The molecule has 0 spiro atoms. The van der Waals surface area contributed by atoms with Crippen LogP contribution in [0.4, 0.5) is 5.69 Å². The first-order chi connectivity index (χ1) is 16.9. The van der Waals surface area contributed by atoms with Gasteiger partial charge in [-0.3, -0.25) is 4.79 Å². The molecule has 1 amide bonds. The number of hydrogen-bond donors (Lipinski definition) is 1. The molecule has 0 aliphatic heterocycles. The van der Waals surface area contributed by atoms with Crippen LogP contribution in [-0.4, -0.2) is 10.9 Å². The Balaban J connectivity index is 0.00000304. The summed E-state index contributed by atoms with van der Waals surface area (Å²) in [6.07, 6.45) is 0. The second-order valence-corrected chi connectivity index (χ2v) is 9.68. The summed E-state index contributed by atoms with van der Waals surface area (Å²) in [5.41, 5.74) is 6.43. The number of fused-ring (bicyclic) bond motifs is 2. The van der Waals surface area contributed by atoms with E-state index >= 15 is 0 Å². The van der Waals surface area contributed by atoms with E-state index in [9.17, 15) is 4.79 Å². The minimum Gasteiger partial charge on any atom is -0.321 e. The van der Waals surface area contributed by atoms with Crippen molar-refractivity contribution in [2.75, 3.05) is 5.32 Å². The van der Waals surface area contributed by atoms with Crippen LogP contribution in [0, 0.1) is 0 Å². The molecule has 1 heterocycles. The normalized spacial score (nSPS) is 11.2. The van der Waals surface area contributed by atoms with Crippen molar-refractivity contribution in [1.82, 2.24) is 4.98 Å². The summed E-state index contributed by atoms with van der Waals surface area (Å²) < 4.78 is 0. The first-order valence-electron chi connectivity index (χ1n) is 12.3. The molecule has 0 saturated carbocycles. The van der Waals surface area contributed by atoms with Crippen LogP contribution >= 0.6 is 0 Å². The number of amides is 1. The summed E-state index contributed by atoms with van der Waals surface area (Å²) >= 11 is 0. The summed E-state index contributed by atoms with van der Waals surface area (Å²) in [5, 5.41) is 6.53. The number of para-hydroxylation sites is 2. The van der Waals surface area contributed by atoms with E-state index in [4.69, 9.17) is 4.98 Å². The predicted molar refractivity (Wildman–Crippen MR) is 147 cm³/mol. The van der Waals surface area contributed by atoms with Crippen molar-refractivity contribution in [3.63, 3.8) is 0 Å². The summed E-state index contributed by atoms with van der Waals surface area (Å²) in [6, 6.07) is 30.7. The molecule has 0 saturated heterocycles. The van der Waals surface area contributed by atoms with Crippen LogP contribution in [0.5, 0.6) is 0 Å². The third-order valence-electron chi connectivity index (χ3n) is 6.64. The van der Waals surface area contributed by atoms with Crippen LogP contribution in [0.25, 0.3) is 32.9 Å². The zero-order chi connectivity index (χ0) is 24.5. The van der Waals surface area contributed by atoms with E-state index in [1.165, 1.54) is 5.39 Å². The molecule has 0 aliphatic rings. The molecular formula is C32H30HfN2O. The summed E-state index contributed by atoms with van der Waals surface area (Å²) in [5.74, 6) is 0.466. The number of benzene rings is 4. The largest absolute Gasteiger partial charge is 0.321 e. The van der Waals surface area contributed by atoms with Gasteiger partial charge in [-0.2, -0.15) is 0 Å². The average molecular weight is 637 g/mol. The van der Waals surface area contributed by atoms with E-state index in [0.717, 1.165) is 38.8 Å². The number of carbonyl (C=O) groups excluding carboxylic acids is 1. The van der Waals surface area contributed by atoms with Crippen molar-refractivity contribution in [3.8, 4) is 11.3 Å². The molecule has 0 radical (unpaired) electrons. The first kappa shape index (κ1) is 26.0. The van der Waals surface area contributed by atoms with Gasteiger partial charge in [-0.1, -0.05) is 107 Å². The fraction of sp³-hybridized carbons (Fsp3) is 0.188. The van der Waals surface area contributed by atoms with E-state index in [2.05, 4.69) is 87.6 Å². The number of pyridine rings is 1. The zero-order valence-electron chi connectivity index (χ0n) is 21.2. The third kappa shape index (κ3) is 4.92. The number of aromatic nitrogens is 1. The van der Waals surface area contributed by atoms with Crippen LogP contribution in [-0.2, 0) is 25.8 Å². The Morgan fingerprint density at radius 2 is 1.31 bits per heavy atom. The van der Waals surface area contributed by atoms with Crippen molar-refractivity contribution >= 4 is 33.3 Å². The van der Waals surface area contributed by atoms with E-state index in [1.807, 2.05) is 36.4 Å². The number of hydrogen-bond acceptors (Lipinski definition) is 2. The molecular weight excluding hydrogens is 607 g/mol. The summed E-state index contributed by atoms with van der Waals surface area (Å²) in [6.45, 7) is 8.63. The van der Waals surface area contributed by atoms with Gasteiger partial charge in [-0.05, 0) is 45.9 Å². The second kappa shape index (κ2) is 10.9. The molecule has 178 valence electrons. The van der Waals surface area contributed by atoms with E-state index in [0.29, 0.717) is 22.9 Å². The summed E-state index contributed by atoms with van der Waals surface area (Å²) in [4.78, 5) is 18.7. The molecule has 0 aliphatic carbocycles. The van der Waals surface area contributed by atoms with Gasteiger partial charge in [0.25, 0.3) is 5.91 Å². The van der Waals surface area contributed by atoms with Gasteiger partial charge in [0.2, 0.25) is 0 Å². The van der Waals surface area contributed by atoms with Crippen LogP contribution < -0.4 is 5.32 Å². The van der Waals surface area contributed by atoms with Gasteiger partial charge >= 0.3 is 0 Å². The summed E-state index contributed by atoms with van der Waals surface area (Å²) in [7, 11) is 0. The molecule has 3 nitrogen and oxygen atoms in total. The van der Waals surface area contributed by atoms with Gasteiger partial charge < -0.3 is 5.32 Å². The molecule has 4 heteroatoms. The SMILES string of the molecule is CC(C)c1cccc(C(C)C)c1NC(=O)c1cccc2ccc(-c3cccc4ccccc34)nc12.[Hf]. The Bertz CT molecular complexity index is 1520. The van der Waals surface area contributed by atoms with Crippen LogP contribution in [0.15, 0.2) is 91.0 Å². The molecule has 0 bridgehead atoms. The first-order valence-corrected chi connectivity index (χ1v) is 12.3. The molecule has 0 atom stereocenters. The molecule has 5 aromatic rings. The van der Waals surface area contributed by atoms with Crippen molar-refractivity contribution in [1.29, 1.82) is 0 Å². The molecule has 4 aromatic carbocycles. The van der Waals surface area contributed by atoms with Gasteiger partial charge in [0.05, 0.1) is 16.8 Å². The van der Waals surface area contributed by atoms with Crippen molar-refractivity contribution in [2.45, 2.75) is 39.5 Å². The molecule has 0 fully saturated rings. The Hall–Kier alpha value is -3.11. The minimum atomic E-state index is -0.131. The van der Waals surface area contributed by atoms with E-state index in [-0.39, 0.29) is 31.8 Å². The van der Waals surface area contributed by atoms with Gasteiger partial charge in [-0.15, -0.1) is 0 Å². The number of nitrogens with zero attached hydrogens (tertiary/aromatic N) is 1. The maximum Gasteiger partial charge on any atom is 0.257 e. The third-order valence-corrected chi connectivity index (χ3v) is 6.64. The van der Waals surface area contributed by atoms with Gasteiger partial charge in [0, 0.05) is 42.5 Å². The Morgan fingerprint density at radius 3 is 2.03 bits per heavy atom. The Labute approximate surface area is 231 Å². The van der Waals surface area contributed by atoms with Crippen LogP contribution in [0.2, 0.25) is 0 Å². The van der Waals surface area contributed by atoms with E-state index in [1.54, 1.807) is 0 Å². The van der Waals surface area contributed by atoms with Crippen molar-refractivity contribution in [2.24, 2.45) is 0 Å². The molecule has 1 aromatic heterocycles. The fourth-order valence-corrected chi connectivity index (χ4v) is 4.81. The Morgan fingerprint density at radius 1 is 0.694 bits per heavy atom. The smallest absolute Gasteiger partial charge is 0.257 e. The van der Waals surface area contributed by atoms with E-state index < -0.39 is 0 Å². The average Bonchev–Trinajstić information content (AvgIpc) is 2.87. The minimum absolute atomic E-state index is 0. The molecule has 1 N–H and O–H groups in total. The second-order valence-electron chi connectivity index (χ2n) is 9.68. The number of nitrogens with one attached hydrogen (secondary N) is 1. The maximum absolute atomic E-state index is 13.7.